The van der Waals surface area contributed by atoms with Crippen LogP contribution >= 0.6 is 11.6 Å². The lowest BCUT2D eigenvalue weighted by atomic mass is 10.0. The summed E-state index contributed by atoms with van der Waals surface area (Å²) in [5.74, 6) is -0.265. The van der Waals surface area contributed by atoms with Crippen LogP contribution in [0.25, 0.3) is 0 Å². The Balaban J connectivity index is 2.16. The van der Waals surface area contributed by atoms with E-state index in [1.54, 1.807) is 0 Å². The van der Waals surface area contributed by atoms with Gasteiger partial charge < -0.3 is 5.32 Å². The third kappa shape index (κ3) is 4.97. The largest absolute Gasteiger partial charge is 0.345 e. The first-order valence-corrected chi connectivity index (χ1v) is 9.70. The van der Waals surface area contributed by atoms with Gasteiger partial charge in [-0.05, 0) is 30.2 Å². The molecule has 0 aliphatic carbocycles. The highest BCUT2D eigenvalue weighted by atomic mass is 35.5. The van der Waals surface area contributed by atoms with Crippen LogP contribution in [0.5, 0.6) is 0 Å². The van der Waals surface area contributed by atoms with Gasteiger partial charge in [-0.2, -0.15) is 0 Å². The number of rotatable bonds is 6. The number of hydrogen-bond acceptors (Lipinski definition) is 3. The van der Waals surface area contributed by atoms with Crippen molar-refractivity contribution in [1.82, 2.24) is 5.32 Å². The number of nitrogens with one attached hydrogen (secondary N) is 2. The molecule has 0 fully saturated rings. The third-order valence-corrected chi connectivity index (χ3v) is 4.35. The molecule has 2 rings (SSSR count). The summed E-state index contributed by atoms with van der Waals surface area (Å²) >= 11 is 6.06. The number of benzene rings is 2. The van der Waals surface area contributed by atoms with Gasteiger partial charge in [0, 0.05) is 5.56 Å². The molecule has 7 heteroatoms. The lowest BCUT2D eigenvalue weighted by Crippen LogP contribution is -2.28. The molecule has 0 aromatic heterocycles. The van der Waals surface area contributed by atoms with E-state index in [1.807, 2.05) is 37.3 Å². The molecule has 0 radical (unpaired) electrons. The van der Waals surface area contributed by atoms with Crippen molar-refractivity contribution in [3.05, 3.63) is 64.7 Å². The summed E-state index contributed by atoms with van der Waals surface area (Å²) in [6.45, 7) is 1.99. The summed E-state index contributed by atoms with van der Waals surface area (Å²) in [6.07, 6.45) is 1.78. The van der Waals surface area contributed by atoms with Crippen LogP contribution in [0.1, 0.15) is 35.3 Å². The van der Waals surface area contributed by atoms with E-state index in [0.29, 0.717) is 5.56 Å². The molecule has 0 aliphatic heterocycles. The van der Waals surface area contributed by atoms with E-state index in [2.05, 4.69) is 10.0 Å². The summed E-state index contributed by atoms with van der Waals surface area (Å²) in [4.78, 5) is 12.4. The van der Waals surface area contributed by atoms with Gasteiger partial charge in [0.05, 0.1) is 23.0 Å². The zero-order valence-electron chi connectivity index (χ0n) is 13.4. The molecule has 2 aromatic carbocycles. The fourth-order valence-electron chi connectivity index (χ4n) is 2.29. The summed E-state index contributed by atoms with van der Waals surface area (Å²) in [5, 5.41) is 3.13. The van der Waals surface area contributed by atoms with Crippen molar-refractivity contribution in [1.29, 1.82) is 0 Å². The lowest BCUT2D eigenvalue weighted by molar-refractivity contribution is 0.0935. The van der Waals surface area contributed by atoms with E-state index in [1.165, 1.54) is 18.2 Å². The van der Waals surface area contributed by atoms with E-state index in [-0.39, 0.29) is 22.7 Å². The number of amides is 1. The maximum absolute atomic E-state index is 12.4. The molecule has 0 bridgehead atoms. The molecule has 0 spiro atoms. The molecule has 2 N–H and O–H groups in total. The number of halogens is 1. The van der Waals surface area contributed by atoms with Gasteiger partial charge in [0.2, 0.25) is 10.0 Å². The number of carbonyl (C=O) groups excluding carboxylic acids is 1. The number of hydrogen-bond donors (Lipinski definition) is 2. The van der Waals surface area contributed by atoms with E-state index in [4.69, 9.17) is 11.6 Å². The quantitative estimate of drug-likeness (QED) is 0.820. The van der Waals surface area contributed by atoms with Gasteiger partial charge in [-0.3, -0.25) is 9.52 Å². The third-order valence-electron chi connectivity index (χ3n) is 3.44. The van der Waals surface area contributed by atoms with Crippen LogP contribution < -0.4 is 10.0 Å². The topological polar surface area (TPSA) is 75.3 Å². The summed E-state index contributed by atoms with van der Waals surface area (Å²) in [6, 6.07) is 14.0. The standard InChI is InChI=1S/C17H19ClN2O3S/c1-3-15(12-7-5-4-6-8-12)19-17(21)13-9-10-16(14(18)11-13)20-24(2,22)23/h4-11,15,20H,3H2,1-2H3,(H,19,21)/t15-/m0/s1. The molecule has 2 aromatic rings. The van der Waals surface area contributed by atoms with Gasteiger partial charge in [0.1, 0.15) is 0 Å². The molecule has 0 aliphatic rings. The first-order chi connectivity index (χ1) is 11.3. The second kappa shape index (κ2) is 7.68. The molecule has 128 valence electrons. The minimum absolute atomic E-state index is 0.105. The lowest BCUT2D eigenvalue weighted by Gasteiger charge is -2.18. The Morgan fingerprint density at radius 1 is 1.17 bits per heavy atom. The zero-order chi connectivity index (χ0) is 17.7. The van der Waals surface area contributed by atoms with Gasteiger partial charge in [-0.1, -0.05) is 48.9 Å². The molecule has 0 saturated carbocycles. The van der Waals surface area contributed by atoms with Gasteiger partial charge in [0.25, 0.3) is 5.91 Å². The summed E-state index contributed by atoms with van der Waals surface area (Å²) in [5.41, 5.74) is 1.63. The van der Waals surface area contributed by atoms with Crippen LogP contribution in [0.3, 0.4) is 0 Å². The Labute approximate surface area is 147 Å². The number of carbonyl (C=O) groups is 1. The molecule has 0 heterocycles. The van der Waals surface area contributed by atoms with Gasteiger partial charge in [-0.15, -0.1) is 0 Å². The molecule has 0 unspecified atom stereocenters. The van der Waals surface area contributed by atoms with Crippen molar-refractivity contribution < 1.29 is 13.2 Å². The van der Waals surface area contributed by atoms with Crippen LogP contribution in [0.15, 0.2) is 48.5 Å². The summed E-state index contributed by atoms with van der Waals surface area (Å²) < 4.78 is 24.8. The van der Waals surface area contributed by atoms with E-state index in [0.717, 1.165) is 18.2 Å². The monoisotopic (exact) mass is 366 g/mol. The minimum Gasteiger partial charge on any atom is -0.345 e. The summed E-state index contributed by atoms with van der Waals surface area (Å²) in [7, 11) is -3.43. The Kier molecular flexibility index (Phi) is 5.85. The van der Waals surface area contributed by atoms with Crippen molar-refractivity contribution in [2.24, 2.45) is 0 Å². The minimum atomic E-state index is -3.43. The van der Waals surface area contributed by atoms with Crippen LogP contribution in [0.2, 0.25) is 5.02 Å². The maximum atomic E-state index is 12.4. The Hall–Kier alpha value is -2.05. The second-order valence-electron chi connectivity index (χ2n) is 5.41. The Bertz CT molecular complexity index is 823. The van der Waals surface area contributed by atoms with E-state index < -0.39 is 10.0 Å². The SMILES string of the molecule is CC[C@H](NC(=O)c1ccc(NS(C)(=O)=O)c(Cl)c1)c1ccccc1. The smallest absolute Gasteiger partial charge is 0.251 e. The fourth-order valence-corrected chi connectivity index (χ4v) is 3.15. The van der Waals surface area contributed by atoms with Crippen molar-refractivity contribution in [2.75, 3.05) is 11.0 Å². The molecule has 1 amide bonds. The van der Waals surface area contributed by atoms with Gasteiger partial charge in [0.15, 0.2) is 0 Å². The van der Waals surface area contributed by atoms with Crippen molar-refractivity contribution in [3.63, 3.8) is 0 Å². The fraction of sp³-hybridized carbons (Fsp3) is 0.235. The second-order valence-corrected chi connectivity index (χ2v) is 7.57. The molecular formula is C17H19ClN2O3S. The van der Waals surface area contributed by atoms with Crippen molar-refractivity contribution >= 4 is 33.2 Å². The highest BCUT2D eigenvalue weighted by molar-refractivity contribution is 7.92. The van der Waals surface area contributed by atoms with Crippen LogP contribution in [0.4, 0.5) is 5.69 Å². The van der Waals surface area contributed by atoms with Gasteiger partial charge in [-0.25, -0.2) is 8.42 Å². The number of anilines is 1. The first-order valence-electron chi connectivity index (χ1n) is 7.43. The predicted molar refractivity (Wildman–Crippen MR) is 96.9 cm³/mol. The molecular weight excluding hydrogens is 348 g/mol. The Morgan fingerprint density at radius 3 is 2.38 bits per heavy atom. The molecule has 0 saturated heterocycles. The zero-order valence-corrected chi connectivity index (χ0v) is 15.0. The van der Waals surface area contributed by atoms with Crippen molar-refractivity contribution in [2.45, 2.75) is 19.4 Å². The number of sulfonamides is 1. The van der Waals surface area contributed by atoms with Crippen molar-refractivity contribution in [3.8, 4) is 0 Å². The molecule has 5 nitrogen and oxygen atoms in total. The highest BCUT2D eigenvalue weighted by Crippen LogP contribution is 2.24. The molecule has 1 atom stereocenters. The first kappa shape index (κ1) is 18.3. The molecule has 24 heavy (non-hydrogen) atoms. The average molecular weight is 367 g/mol. The van der Waals surface area contributed by atoms with Crippen LogP contribution in [0, 0.1) is 0 Å². The van der Waals surface area contributed by atoms with Crippen LogP contribution in [-0.4, -0.2) is 20.6 Å². The van der Waals surface area contributed by atoms with Gasteiger partial charge >= 0.3 is 0 Å². The predicted octanol–water partition coefficient (Wildman–Crippen LogP) is 3.59. The van der Waals surface area contributed by atoms with Crippen LogP contribution in [-0.2, 0) is 10.0 Å². The Morgan fingerprint density at radius 2 is 1.83 bits per heavy atom. The maximum Gasteiger partial charge on any atom is 0.251 e. The average Bonchev–Trinajstić information content (AvgIpc) is 2.54. The normalized spacial score (nSPS) is 12.5. The van der Waals surface area contributed by atoms with E-state index >= 15 is 0 Å². The highest BCUT2D eigenvalue weighted by Gasteiger charge is 2.15. The van der Waals surface area contributed by atoms with E-state index in [9.17, 15) is 13.2 Å².